The van der Waals surface area contributed by atoms with E-state index in [4.69, 9.17) is 24.1 Å². The van der Waals surface area contributed by atoms with Gasteiger partial charge in [0.05, 0.1) is 0 Å². The standard InChI is InChI=1S/C28H41N4.C13H17NO.2ClH.Ru/c1-8-29-9-11-30(12-10-29)17-26-18-31(27-22(4)13-20(2)14-23(27)5)19-32(26)28-24(6)15-21(3)16-25(28)7;1-11-5-3-4-6-13(11)15-12-7-9-14(2)10-8-12;;;/h13-16,19,26H,8-12,17-18H2,1-7H3;1,3-6,12H,7-10H2,2H3;2*1H;/q-1;;;;+2/p-2. The van der Waals surface area contributed by atoms with Crippen LogP contribution >= 0.6 is 19.4 Å². The summed E-state index contributed by atoms with van der Waals surface area (Å²) in [7, 11) is 14.0. The van der Waals surface area contributed by atoms with E-state index in [1.807, 2.05) is 28.9 Å². The molecule has 0 aromatic heterocycles. The predicted molar refractivity (Wildman–Crippen MR) is 212 cm³/mol. The number of likely N-dealkylation sites (N-methyl/N-ethyl adjacent to an activating group) is 1. The third-order valence-corrected chi connectivity index (χ3v) is 12.2. The molecule has 0 saturated carbocycles. The van der Waals surface area contributed by atoms with E-state index >= 15 is 0 Å². The molecule has 3 aliphatic rings. The number of aryl methyl sites for hydroxylation is 6. The van der Waals surface area contributed by atoms with Crippen LogP contribution in [0.5, 0.6) is 5.75 Å². The van der Waals surface area contributed by atoms with Crippen molar-refractivity contribution >= 4 is 35.4 Å². The van der Waals surface area contributed by atoms with Crippen LogP contribution in [0.3, 0.4) is 0 Å². The molecule has 0 radical (unpaired) electrons. The molecule has 3 fully saturated rings. The molecule has 3 heterocycles. The third-order valence-electron chi connectivity index (χ3n) is 10.3. The number of ether oxygens (including phenoxy) is 1. The normalized spacial score (nSPS) is 19.7. The zero-order valence-electron chi connectivity index (χ0n) is 31.5. The Morgan fingerprint density at radius 1 is 0.780 bits per heavy atom. The Bertz CT molecular complexity index is 1570. The second-order valence-electron chi connectivity index (χ2n) is 14.5. The van der Waals surface area contributed by atoms with Crippen LogP contribution in [0.2, 0.25) is 0 Å². The Kier molecular flexibility index (Phi) is 14.3. The first-order chi connectivity index (χ1) is 23.9. The molecule has 9 heteroatoms. The topological polar surface area (TPSA) is 25.4 Å². The molecule has 3 aliphatic heterocycles. The van der Waals surface area contributed by atoms with Crippen LogP contribution in [0, 0.1) is 48.2 Å². The molecule has 0 aliphatic carbocycles. The molecule has 276 valence electrons. The fraction of sp³-hybridized carbons (Fsp3) is 0.512. The Labute approximate surface area is 315 Å². The minimum atomic E-state index is -1.80. The first-order valence-corrected chi connectivity index (χ1v) is 23.7. The van der Waals surface area contributed by atoms with Crippen LogP contribution in [-0.4, -0.2) is 97.4 Å². The van der Waals surface area contributed by atoms with Gasteiger partial charge in [-0.05, 0) is 70.3 Å². The fourth-order valence-electron chi connectivity index (χ4n) is 7.97. The van der Waals surface area contributed by atoms with Crippen molar-refractivity contribution < 1.29 is 18.3 Å². The Balaban J connectivity index is 0.000000228. The molecular formula is C41H58Cl2N5ORu-. The number of likely N-dealkylation sites (tertiary alicyclic amines) is 1. The van der Waals surface area contributed by atoms with Crippen LogP contribution < -0.4 is 14.5 Å². The van der Waals surface area contributed by atoms with Crippen LogP contribution in [0.25, 0.3) is 0 Å². The van der Waals surface area contributed by atoms with Gasteiger partial charge >= 0.3 is 122 Å². The van der Waals surface area contributed by atoms with Gasteiger partial charge in [-0.15, -0.1) is 0 Å². The van der Waals surface area contributed by atoms with Crippen molar-refractivity contribution in [2.45, 2.75) is 73.5 Å². The average molecular weight is 809 g/mol. The van der Waals surface area contributed by atoms with Gasteiger partial charge < -0.3 is 14.7 Å². The van der Waals surface area contributed by atoms with Crippen LogP contribution in [0.4, 0.5) is 11.4 Å². The van der Waals surface area contributed by atoms with Gasteiger partial charge in [-0.1, -0.05) is 42.3 Å². The molecule has 6 rings (SSSR count). The number of rotatable bonds is 8. The SMILES string of the molecule is CCN1CCN(CC2CN(c3c(C)cc(C)cc3C)[CH-]N2c2c(C)cc(C)cc2C)CC1.CN1CCC(Oc2ccccc2[CH]=[Ru]([Cl])[Cl])CC1. The summed E-state index contributed by atoms with van der Waals surface area (Å²) < 4.78 is 8.03. The molecule has 3 saturated heterocycles. The van der Waals surface area contributed by atoms with Crippen molar-refractivity contribution in [1.82, 2.24) is 14.7 Å². The van der Waals surface area contributed by atoms with Gasteiger partial charge in [0.2, 0.25) is 0 Å². The Morgan fingerprint density at radius 2 is 1.32 bits per heavy atom. The second-order valence-corrected chi connectivity index (χ2v) is 20.2. The Morgan fingerprint density at radius 3 is 1.88 bits per heavy atom. The summed E-state index contributed by atoms with van der Waals surface area (Å²) in [4.78, 5) is 12.7. The summed E-state index contributed by atoms with van der Waals surface area (Å²) >= 11 is -1.80. The average Bonchev–Trinajstić information content (AvgIpc) is 3.44. The number of para-hydroxylation sites is 1. The maximum absolute atomic E-state index is 6.08. The van der Waals surface area contributed by atoms with Gasteiger partial charge in [0.25, 0.3) is 0 Å². The monoisotopic (exact) mass is 808 g/mol. The van der Waals surface area contributed by atoms with Gasteiger partial charge in [-0.2, -0.15) is 6.67 Å². The molecule has 0 N–H and O–H groups in total. The third kappa shape index (κ3) is 10.3. The number of hydrogen-bond acceptors (Lipinski definition) is 6. The quantitative estimate of drug-likeness (QED) is 0.168. The molecule has 50 heavy (non-hydrogen) atoms. The number of halogens is 2. The summed E-state index contributed by atoms with van der Waals surface area (Å²) in [5.74, 6) is 0.909. The molecule has 0 bridgehead atoms. The Hall–Kier alpha value is -1.99. The van der Waals surface area contributed by atoms with E-state index in [-0.39, 0.29) is 0 Å². The van der Waals surface area contributed by atoms with Crippen molar-refractivity contribution in [3.05, 3.63) is 94.1 Å². The van der Waals surface area contributed by atoms with Crippen LogP contribution in [-0.2, 0) is 13.5 Å². The van der Waals surface area contributed by atoms with Crippen molar-refractivity contribution in [2.75, 3.05) is 75.8 Å². The first-order valence-electron chi connectivity index (χ1n) is 18.2. The minimum absolute atomic E-state index is 0.307. The van der Waals surface area contributed by atoms with Gasteiger partial charge in [-0.3, -0.25) is 4.90 Å². The van der Waals surface area contributed by atoms with E-state index in [1.165, 1.54) is 77.5 Å². The molecule has 0 spiro atoms. The number of benzene rings is 3. The van der Waals surface area contributed by atoms with Crippen LogP contribution in [0.1, 0.15) is 58.7 Å². The first kappa shape index (κ1) is 39.2. The van der Waals surface area contributed by atoms with E-state index in [0.29, 0.717) is 12.1 Å². The number of piperazine rings is 1. The predicted octanol–water partition coefficient (Wildman–Crippen LogP) is 8.22. The molecule has 1 atom stereocenters. The number of anilines is 2. The fourth-order valence-corrected chi connectivity index (χ4v) is 9.78. The van der Waals surface area contributed by atoms with Gasteiger partial charge in [0.15, 0.2) is 0 Å². The van der Waals surface area contributed by atoms with Crippen molar-refractivity contribution in [3.8, 4) is 5.75 Å². The van der Waals surface area contributed by atoms with Crippen molar-refractivity contribution in [2.24, 2.45) is 0 Å². The van der Waals surface area contributed by atoms with E-state index in [0.717, 1.165) is 50.3 Å². The molecular weight excluding hydrogens is 750 g/mol. The van der Waals surface area contributed by atoms with E-state index in [2.05, 4.69) is 111 Å². The summed E-state index contributed by atoms with van der Waals surface area (Å²) in [6, 6.07) is 17.7. The van der Waals surface area contributed by atoms with Crippen LogP contribution in [0.15, 0.2) is 48.5 Å². The van der Waals surface area contributed by atoms with E-state index < -0.39 is 13.5 Å². The van der Waals surface area contributed by atoms with Gasteiger partial charge in [-0.25, -0.2) is 0 Å². The second kappa shape index (κ2) is 18.2. The zero-order chi connectivity index (χ0) is 35.9. The molecule has 1 unspecified atom stereocenters. The summed E-state index contributed by atoms with van der Waals surface area (Å²) in [5.41, 5.74) is 12.0. The van der Waals surface area contributed by atoms with Crippen molar-refractivity contribution in [3.63, 3.8) is 0 Å². The molecule has 3 aromatic carbocycles. The number of nitrogens with zero attached hydrogens (tertiary/aromatic N) is 5. The van der Waals surface area contributed by atoms with E-state index in [9.17, 15) is 0 Å². The van der Waals surface area contributed by atoms with Gasteiger partial charge in [0.1, 0.15) is 0 Å². The summed E-state index contributed by atoms with van der Waals surface area (Å²) in [6.07, 6.45) is 2.46. The van der Waals surface area contributed by atoms with Gasteiger partial charge in [0, 0.05) is 56.7 Å². The maximum atomic E-state index is 6.08. The molecule has 0 amide bonds. The van der Waals surface area contributed by atoms with Crippen molar-refractivity contribution in [1.29, 1.82) is 0 Å². The summed E-state index contributed by atoms with van der Waals surface area (Å²) in [6.45, 7) is 28.3. The zero-order valence-corrected chi connectivity index (χ0v) is 34.7. The number of piperidine rings is 1. The molecule has 3 aromatic rings. The molecule has 6 nitrogen and oxygen atoms in total. The summed E-state index contributed by atoms with van der Waals surface area (Å²) in [5, 5.41) is 0. The van der Waals surface area contributed by atoms with E-state index in [1.54, 1.807) is 0 Å². The number of hydrogen-bond donors (Lipinski definition) is 0.